The summed E-state index contributed by atoms with van der Waals surface area (Å²) >= 11 is 8.03. The van der Waals surface area contributed by atoms with Crippen molar-refractivity contribution in [3.63, 3.8) is 0 Å². The second kappa shape index (κ2) is 6.43. The van der Waals surface area contributed by atoms with Crippen molar-refractivity contribution in [1.29, 1.82) is 0 Å². The summed E-state index contributed by atoms with van der Waals surface area (Å²) in [5, 5.41) is 5.06. The fraction of sp³-hybridized carbons (Fsp3) is 0.231. The zero-order chi connectivity index (χ0) is 14.0. The molecule has 0 radical (unpaired) electrons. The maximum atomic E-state index is 14.0. The Balaban J connectivity index is 2.31. The average Bonchev–Trinajstić information content (AvgIpc) is 2.81. The standard InChI is InChI=1S/C13H11Br2F2NS/c1-18-11(7-4-12(15)19-6-7)5-8-10(16)3-2-9(14)13(8)17/h2-4,6,11,18H,5H2,1H3. The summed E-state index contributed by atoms with van der Waals surface area (Å²) in [4.78, 5) is 0. The predicted molar refractivity (Wildman–Crippen MR) is 81.6 cm³/mol. The first-order valence-corrected chi connectivity index (χ1v) is 8.03. The van der Waals surface area contributed by atoms with Gasteiger partial charge in [0.25, 0.3) is 0 Å². The van der Waals surface area contributed by atoms with E-state index in [1.165, 1.54) is 12.1 Å². The molecule has 1 atom stereocenters. The highest BCUT2D eigenvalue weighted by Crippen LogP contribution is 2.30. The lowest BCUT2D eigenvalue weighted by molar-refractivity contribution is 0.513. The summed E-state index contributed by atoms with van der Waals surface area (Å²) in [7, 11) is 1.78. The van der Waals surface area contributed by atoms with Crippen molar-refractivity contribution in [1.82, 2.24) is 5.32 Å². The van der Waals surface area contributed by atoms with Crippen molar-refractivity contribution in [2.24, 2.45) is 0 Å². The van der Waals surface area contributed by atoms with Crippen LogP contribution in [0.4, 0.5) is 8.78 Å². The number of hydrogen-bond acceptors (Lipinski definition) is 2. The molecule has 0 fully saturated rings. The maximum Gasteiger partial charge on any atom is 0.143 e. The molecule has 1 aromatic carbocycles. The minimum atomic E-state index is -0.533. The summed E-state index contributed by atoms with van der Waals surface area (Å²) in [5.41, 5.74) is 1.11. The lowest BCUT2D eigenvalue weighted by atomic mass is 10.0. The number of nitrogens with one attached hydrogen (secondary N) is 1. The van der Waals surface area contributed by atoms with E-state index in [-0.39, 0.29) is 22.5 Å². The lowest BCUT2D eigenvalue weighted by Crippen LogP contribution is -2.19. The third-order valence-electron chi connectivity index (χ3n) is 2.89. The van der Waals surface area contributed by atoms with Crippen molar-refractivity contribution in [3.8, 4) is 0 Å². The topological polar surface area (TPSA) is 12.0 Å². The van der Waals surface area contributed by atoms with Gasteiger partial charge in [0.2, 0.25) is 0 Å². The smallest absolute Gasteiger partial charge is 0.143 e. The quantitative estimate of drug-likeness (QED) is 0.695. The molecule has 2 rings (SSSR count). The second-order valence-electron chi connectivity index (χ2n) is 4.05. The Kier molecular flexibility index (Phi) is 5.11. The van der Waals surface area contributed by atoms with E-state index in [2.05, 4.69) is 37.2 Å². The Labute approximate surface area is 131 Å². The Bertz CT molecular complexity index is 586. The van der Waals surface area contributed by atoms with E-state index in [0.29, 0.717) is 0 Å². The summed E-state index contributed by atoms with van der Waals surface area (Å²) in [5.74, 6) is -1.05. The van der Waals surface area contributed by atoms with Crippen molar-refractivity contribution in [2.45, 2.75) is 12.5 Å². The number of hydrogen-bond donors (Lipinski definition) is 1. The molecule has 1 N–H and O–H groups in total. The van der Waals surface area contributed by atoms with Crippen LogP contribution in [0.3, 0.4) is 0 Å². The fourth-order valence-corrected chi connectivity index (χ4v) is 3.45. The molecule has 0 aliphatic heterocycles. The maximum absolute atomic E-state index is 14.0. The normalized spacial score (nSPS) is 12.7. The summed E-state index contributed by atoms with van der Waals surface area (Å²) < 4.78 is 29.0. The zero-order valence-corrected chi connectivity index (χ0v) is 14.0. The molecule has 0 saturated heterocycles. The molecule has 2 aromatic rings. The number of rotatable bonds is 4. The first-order valence-electron chi connectivity index (χ1n) is 5.56. The van der Waals surface area contributed by atoms with E-state index < -0.39 is 11.6 Å². The van der Waals surface area contributed by atoms with Gasteiger partial charge in [-0.2, -0.15) is 0 Å². The molecular formula is C13H11Br2F2NS. The van der Waals surface area contributed by atoms with Gasteiger partial charge in [-0.1, -0.05) is 0 Å². The molecule has 1 aromatic heterocycles. The fourth-order valence-electron chi connectivity index (χ4n) is 1.85. The molecule has 0 saturated carbocycles. The highest BCUT2D eigenvalue weighted by atomic mass is 79.9. The SMILES string of the molecule is CNC(Cc1c(F)ccc(Br)c1F)c1csc(Br)c1. The third-order valence-corrected chi connectivity index (χ3v) is 5.02. The Morgan fingerprint density at radius 3 is 2.63 bits per heavy atom. The van der Waals surface area contributed by atoms with Crippen LogP contribution in [0.25, 0.3) is 0 Å². The van der Waals surface area contributed by atoms with Crippen LogP contribution in [0.1, 0.15) is 17.2 Å². The van der Waals surface area contributed by atoms with E-state index in [9.17, 15) is 8.78 Å². The van der Waals surface area contributed by atoms with Crippen LogP contribution >= 0.6 is 43.2 Å². The number of likely N-dealkylation sites (N-methyl/N-ethyl adjacent to an activating group) is 1. The molecule has 1 nitrogen and oxygen atoms in total. The predicted octanol–water partition coefficient (Wildman–Crippen LogP) is 5.05. The van der Waals surface area contributed by atoms with Crippen molar-refractivity contribution in [3.05, 3.63) is 54.6 Å². The molecule has 0 aliphatic carbocycles. The van der Waals surface area contributed by atoms with Gasteiger partial charge in [-0.3, -0.25) is 0 Å². The van der Waals surface area contributed by atoms with Gasteiger partial charge in [0.15, 0.2) is 0 Å². The number of benzene rings is 1. The van der Waals surface area contributed by atoms with Crippen molar-refractivity contribution < 1.29 is 8.78 Å². The van der Waals surface area contributed by atoms with Crippen LogP contribution in [0.2, 0.25) is 0 Å². The first kappa shape index (κ1) is 15.1. The molecule has 1 unspecified atom stereocenters. The van der Waals surface area contributed by atoms with E-state index >= 15 is 0 Å². The Morgan fingerprint density at radius 1 is 1.32 bits per heavy atom. The van der Waals surface area contributed by atoms with Crippen molar-refractivity contribution >= 4 is 43.2 Å². The average molecular weight is 411 g/mol. The molecule has 0 aliphatic rings. The van der Waals surface area contributed by atoms with E-state index in [1.54, 1.807) is 18.4 Å². The summed E-state index contributed by atoms with van der Waals surface area (Å²) in [6.07, 6.45) is 0.261. The van der Waals surface area contributed by atoms with E-state index in [4.69, 9.17) is 0 Å². The molecule has 0 bridgehead atoms. The minimum Gasteiger partial charge on any atom is -0.313 e. The molecule has 0 amide bonds. The first-order chi connectivity index (χ1) is 9.02. The minimum absolute atomic E-state index is 0.0936. The van der Waals surface area contributed by atoms with Gasteiger partial charge >= 0.3 is 0 Å². The second-order valence-corrected chi connectivity index (χ2v) is 7.20. The third kappa shape index (κ3) is 3.42. The van der Waals surface area contributed by atoms with E-state index in [0.717, 1.165) is 9.35 Å². The highest BCUT2D eigenvalue weighted by Gasteiger charge is 2.18. The summed E-state index contributed by atoms with van der Waals surface area (Å²) in [6, 6.07) is 4.49. The molecule has 6 heteroatoms. The molecule has 19 heavy (non-hydrogen) atoms. The van der Waals surface area contributed by atoms with Gasteiger partial charge < -0.3 is 5.32 Å². The van der Waals surface area contributed by atoms with E-state index in [1.807, 2.05) is 11.4 Å². The Hall–Kier alpha value is -0.300. The summed E-state index contributed by atoms with van der Waals surface area (Å²) in [6.45, 7) is 0. The van der Waals surface area contributed by atoms with Crippen LogP contribution in [-0.4, -0.2) is 7.05 Å². The molecule has 102 valence electrons. The van der Waals surface area contributed by atoms with Crippen LogP contribution in [0.15, 0.2) is 31.8 Å². The Morgan fingerprint density at radius 2 is 2.05 bits per heavy atom. The van der Waals surface area contributed by atoms with Crippen LogP contribution in [0, 0.1) is 11.6 Å². The molecular weight excluding hydrogens is 400 g/mol. The van der Waals surface area contributed by atoms with Crippen LogP contribution < -0.4 is 5.32 Å². The molecule has 0 spiro atoms. The number of halogens is 4. The van der Waals surface area contributed by atoms with Crippen LogP contribution in [0.5, 0.6) is 0 Å². The number of thiophene rings is 1. The zero-order valence-electron chi connectivity index (χ0n) is 10.0. The highest BCUT2D eigenvalue weighted by molar-refractivity contribution is 9.11. The van der Waals surface area contributed by atoms with Gasteiger partial charge in [-0.05, 0) is 74.5 Å². The van der Waals surface area contributed by atoms with Gasteiger partial charge in [-0.15, -0.1) is 11.3 Å². The van der Waals surface area contributed by atoms with Crippen molar-refractivity contribution in [2.75, 3.05) is 7.05 Å². The molecule has 1 heterocycles. The van der Waals surface area contributed by atoms with Gasteiger partial charge in [0.1, 0.15) is 11.6 Å². The lowest BCUT2D eigenvalue weighted by Gasteiger charge is -2.16. The van der Waals surface area contributed by atoms with Gasteiger partial charge in [0, 0.05) is 11.6 Å². The monoisotopic (exact) mass is 409 g/mol. The van der Waals surface area contributed by atoms with Crippen LogP contribution in [-0.2, 0) is 6.42 Å². The van der Waals surface area contributed by atoms with Gasteiger partial charge in [-0.25, -0.2) is 8.78 Å². The van der Waals surface area contributed by atoms with Gasteiger partial charge in [0.05, 0.1) is 8.26 Å². The largest absolute Gasteiger partial charge is 0.313 e.